The maximum atomic E-state index is 11.2. The third-order valence-electron chi connectivity index (χ3n) is 13.7. The lowest BCUT2D eigenvalue weighted by molar-refractivity contribution is 0.661. The first-order valence-corrected chi connectivity index (χ1v) is 21.1. The monoisotopic (exact) mass is 789 g/mol. The van der Waals surface area contributed by atoms with Gasteiger partial charge >= 0.3 is 0 Å². The van der Waals surface area contributed by atoms with Gasteiger partial charge in [-0.3, -0.25) is 0 Å². The Balaban J connectivity index is 1.13. The second-order valence-corrected chi connectivity index (χ2v) is 17.1. The molecular weight excluding hydrogens is 755 g/mol. The molecule has 0 bridgehead atoms. The summed E-state index contributed by atoms with van der Waals surface area (Å²) >= 11 is 0. The normalized spacial score (nSPS) is 13.1. The minimum absolute atomic E-state index is 0.208. The predicted octanol–water partition coefficient (Wildman–Crippen LogP) is 14.2. The molecule has 0 atom stereocenters. The fraction of sp³-hybridized carbons (Fsp3) is 0.0526. The van der Waals surface area contributed by atoms with Crippen LogP contribution in [-0.4, -0.2) is 13.7 Å². The summed E-state index contributed by atoms with van der Waals surface area (Å²) in [7, 11) is 0. The van der Waals surface area contributed by atoms with E-state index >= 15 is 0 Å². The molecule has 9 aromatic carbocycles. The van der Waals surface area contributed by atoms with Gasteiger partial charge < -0.3 is 13.7 Å². The van der Waals surface area contributed by atoms with E-state index in [4.69, 9.17) is 0 Å². The Hall–Kier alpha value is -8.38. The van der Waals surface area contributed by atoms with E-state index in [1.165, 1.54) is 33.0 Å². The average Bonchev–Trinajstić information content (AvgIpc) is 4.02. The maximum Gasteiger partial charge on any atom is 0.101 e. The molecule has 0 spiro atoms. The van der Waals surface area contributed by atoms with Gasteiger partial charge in [0.15, 0.2) is 0 Å². The van der Waals surface area contributed by atoms with Crippen LogP contribution in [0.1, 0.15) is 36.1 Å². The number of hydrogen-bond acceptors (Lipinski definition) is 2. The first kappa shape index (κ1) is 34.5. The molecule has 1 aliphatic rings. The van der Waals surface area contributed by atoms with Crippen LogP contribution in [0.5, 0.6) is 0 Å². The van der Waals surface area contributed by atoms with Crippen LogP contribution in [0.15, 0.2) is 176 Å². The van der Waals surface area contributed by atoms with E-state index in [2.05, 4.69) is 197 Å². The zero-order valence-electron chi connectivity index (χ0n) is 34.0. The van der Waals surface area contributed by atoms with E-state index < -0.39 is 0 Å². The maximum absolute atomic E-state index is 11.2. The van der Waals surface area contributed by atoms with E-state index in [0.29, 0.717) is 22.5 Å². The lowest BCUT2D eigenvalue weighted by Gasteiger charge is -2.21. The summed E-state index contributed by atoms with van der Waals surface area (Å²) in [5.41, 5.74) is 14.4. The number of benzene rings is 9. The third kappa shape index (κ3) is 4.39. The van der Waals surface area contributed by atoms with E-state index in [0.717, 1.165) is 71.1 Å². The minimum Gasteiger partial charge on any atom is -0.309 e. The molecule has 0 aliphatic heterocycles. The molecule has 288 valence electrons. The van der Waals surface area contributed by atoms with Crippen LogP contribution in [-0.2, 0) is 5.41 Å². The largest absolute Gasteiger partial charge is 0.309 e. The lowest BCUT2D eigenvalue weighted by atomic mass is 9.82. The Morgan fingerprint density at radius 1 is 0.403 bits per heavy atom. The molecule has 3 heterocycles. The number of nitrogens with zero attached hydrogens (tertiary/aromatic N) is 5. The van der Waals surface area contributed by atoms with Gasteiger partial charge in [-0.05, 0) is 93.7 Å². The summed E-state index contributed by atoms with van der Waals surface area (Å²) < 4.78 is 6.75. The molecule has 62 heavy (non-hydrogen) atoms. The average molecular weight is 790 g/mol. The summed E-state index contributed by atoms with van der Waals surface area (Å²) in [5, 5.41) is 31.5. The highest BCUT2D eigenvalue weighted by molar-refractivity contribution is 6.22. The topological polar surface area (TPSA) is 62.4 Å². The van der Waals surface area contributed by atoms with Crippen molar-refractivity contribution in [1.82, 2.24) is 13.7 Å². The summed E-state index contributed by atoms with van der Waals surface area (Å²) in [6, 6.07) is 67.3. The van der Waals surface area contributed by atoms with Gasteiger partial charge in [0.05, 0.1) is 55.6 Å². The van der Waals surface area contributed by atoms with Crippen molar-refractivity contribution in [1.29, 1.82) is 10.5 Å². The first-order chi connectivity index (χ1) is 30.5. The number of fused-ring (bicyclic) bond motifs is 15. The second kappa shape index (κ2) is 12.3. The third-order valence-corrected chi connectivity index (χ3v) is 13.7. The molecular formula is C57H35N5. The Bertz CT molecular complexity index is 3990. The molecule has 0 amide bonds. The van der Waals surface area contributed by atoms with Crippen LogP contribution in [0.2, 0.25) is 0 Å². The van der Waals surface area contributed by atoms with Gasteiger partial charge in [0.2, 0.25) is 0 Å². The lowest BCUT2D eigenvalue weighted by Crippen LogP contribution is -2.14. The van der Waals surface area contributed by atoms with Crippen LogP contribution in [0, 0.1) is 22.7 Å². The molecule has 5 nitrogen and oxygen atoms in total. The van der Waals surface area contributed by atoms with Gasteiger partial charge in [-0.15, -0.1) is 0 Å². The molecule has 0 N–H and O–H groups in total. The molecule has 0 radical (unpaired) electrons. The SMILES string of the molecule is CC1(C)c2ccccc2-c2c1ccc1c2c2cc(-n3c4ccccc4c4ccccc43)ccc2n1-c1cc(C#N)c(-n2c3ccccc3c3c4ccccc4ccc32)cc1C#N. The molecule has 0 saturated heterocycles. The zero-order valence-corrected chi connectivity index (χ0v) is 34.0. The second-order valence-electron chi connectivity index (χ2n) is 17.1. The van der Waals surface area contributed by atoms with E-state index in [-0.39, 0.29) is 5.41 Å². The van der Waals surface area contributed by atoms with E-state index in [1.54, 1.807) is 0 Å². The molecule has 1 aliphatic carbocycles. The number of para-hydroxylation sites is 3. The highest BCUT2D eigenvalue weighted by Crippen LogP contribution is 2.53. The molecule has 5 heteroatoms. The highest BCUT2D eigenvalue weighted by atomic mass is 15.0. The smallest absolute Gasteiger partial charge is 0.101 e. The number of rotatable bonds is 3. The van der Waals surface area contributed by atoms with Gasteiger partial charge in [0.1, 0.15) is 12.1 Å². The van der Waals surface area contributed by atoms with Crippen LogP contribution in [0.3, 0.4) is 0 Å². The number of nitriles is 2. The Kier molecular flexibility index (Phi) is 6.86. The molecule has 0 fully saturated rings. The van der Waals surface area contributed by atoms with Crippen molar-refractivity contribution in [3.8, 4) is 40.3 Å². The Labute approximate surface area is 356 Å². The van der Waals surface area contributed by atoms with E-state index in [1.807, 2.05) is 18.2 Å². The number of aromatic nitrogens is 3. The van der Waals surface area contributed by atoms with Crippen LogP contribution < -0.4 is 0 Å². The minimum atomic E-state index is -0.208. The standard InChI is InChI=1S/C57H35N5/c1-57(2)44-19-9-5-17-41(44)55-45(57)25-28-51-56(55)43-31-37(60-46-20-10-6-15-39(46)40-16-7-11-21-47(40)60)24-27-49(43)62(51)53-30-35(32-58)52(29-36(53)33-59)61-48-22-12-8-18-42(48)54-38-14-4-3-13-34(38)23-26-50(54)61/h3-31H,1-2H3. The number of hydrogen-bond donors (Lipinski definition) is 0. The molecule has 12 aromatic rings. The first-order valence-electron chi connectivity index (χ1n) is 21.1. The zero-order chi connectivity index (χ0) is 41.4. The Morgan fingerprint density at radius 2 is 0.919 bits per heavy atom. The van der Waals surface area contributed by atoms with Crippen molar-refractivity contribution in [2.24, 2.45) is 0 Å². The molecule has 13 rings (SSSR count). The predicted molar refractivity (Wildman–Crippen MR) is 254 cm³/mol. The summed E-state index contributed by atoms with van der Waals surface area (Å²) in [5.74, 6) is 0. The van der Waals surface area contributed by atoms with Gasteiger partial charge in [0, 0.05) is 43.4 Å². The highest BCUT2D eigenvalue weighted by Gasteiger charge is 2.37. The van der Waals surface area contributed by atoms with Crippen molar-refractivity contribution in [3.63, 3.8) is 0 Å². The van der Waals surface area contributed by atoms with Crippen molar-refractivity contribution < 1.29 is 0 Å². The summed E-state index contributed by atoms with van der Waals surface area (Å²) in [6.07, 6.45) is 0. The van der Waals surface area contributed by atoms with Crippen molar-refractivity contribution in [2.45, 2.75) is 19.3 Å². The van der Waals surface area contributed by atoms with Crippen LogP contribution >= 0.6 is 0 Å². The molecule has 0 saturated carbocycles. The Morgan fingerprint density at radius 3 is 1.60 bits per heavy atom. The fourth-order valence-corrected chi connectivity index (χ4v) is 11.0. The van der Waals surface area contributed by atoms with Gasteiger partial charge in [0.25, 0.3) is 0 Å². The molecule has 3 aromatic heterocycles. The summed E-state index contributed by atoms with van der Waals surface area (Å²) in [6.45, 7) is 4.63. The van der Waals surface area contributed by atoms with Crippen molar-refractivity contribution in [2.75, 3.05) is 0 Å². The van der Waals surface area contributed by atoms with Crippen LogP contribution in [0.4, 0.5) is 0 Å². The van der Waals surface area contributed by atoms with Crippen molar-refractivity contribution >= 4 is 76.2 Å². The van der Waals surface area contributed by atoms with Gasteiger partial charge in [-0.2, -0.15) is 10.5 Å². The van der Waals surface area contributed by atoms with Crippen molar-refractivity contribution in [3.05, 3.63) is 198 Å². The van der Waals surface area contributed by atoms with Gasteiger partial charge in [-0.25, -0.2) is 0 Å². The van der Waals surface area contributed by atoms with Crippen LogP contribution in [0.25, 0.3) is 104 Å². The van der Waals surface area contributed by atoms with Gasteiger partial charge in [-0.1, -0.05) is 129 Å². The van der Waals surface area contributed by atoms with E-state index in [9.17, 15) is 10.5 Å². The molecule has 0 unspecified atom stereocenters. The quantitative estimate of drug-likeness (QED) is 0.179. The fourth-order valence-electron chi connectivity index (χ4n) is 11.0. The summed E-state index contributed by atoms with van der Waals surface area (Å²) in [4.78, 5) is 0.